The van der Waals surface area contributed by atoms with E-state index in [4.69, 9.17) is 4.74 Å². The van der Waals surface area contributed by atoms with Gasteiger partial charge in [0.1, 0.15) is 11.6 Å². The number of hydrogen-bond acceptors (Lipinski definition) is 5. The number of carbonyl (C=O) groups is 1. The molecule has 0 unspecified atom stereocenters. The summed E-state index contributed by atoms with van der Waals surface area (Å²) in [6.07, 6.45) is 0.948. The Morgan fingerprint density at radius 1 is 1.28 bits per heavy atom. The predicted octanol–water partition coefficient (Wildman–Crippen LogP) is 0.918. The number of nitrogens with one attached hydrogen (secondary N) is 1. The van der Waals surface area contributed by atoms with E-state index in [1.807, 2.05) is 0 Å². The molecule has 2 heterocycles. The maximum atomic E-state index is 13.1. The molecule has 4 rings (SSSR count). The van der Waals surface area contributed by atoms with Crippen LogP contribution in [-0.2, 0) is 4.74 Å². The highest BCUT2D eigenvalue weighted by molar-refractivity contribution is 5.91. The molecule has 1 amide bonds. The van der Waals surface area contributed by atoms with Crippen LogP contribution in [-0.4, -0.2) is 64.0 Å². The van der Waals surface area contributed by atoms with Crippen LogP contribution in [0.15, 0.2) is 24.3 Å². The Balaban J connectivity index is 1.41. The van der Waals surface area contributed by atoms with E-state index < -0.39 is 0 Å². The van der Waals surface area contributed by atoms with Crippen LogP contribution >= 0.6 is 0 Å². The van der Waals surface area contributed by atoms with Crippen LogP contribution in [0.4, 0.5) is 4.39 Å². The van der Waals surface area contributed by atoms with Crippen molar-refractivity contribution in [1.82, 2.24) is 25.0 Å². The molecule has 1 aliphatic heterocycles. The number of morpholine rings is 1. The molecule has 1 N–H and O–H groups in total. The zero-order valence-electron chi connectivity index (χ0n) is 14.0. The zero-order chi connectivity index (χ0) is 17.4. The molecule has 2 aliphatic rings. The minimum absolute atomic E-state index is 0.134. The Labute approximate surface area is 144 Å². The van der Waals surface area contributed by atoms with E-state index in [2.05, 4.69) is 20.3 Å². The van der Waals surface area contributed by atoms with Gasteiger partial charge in [-0.1, -0.05) is 0 Å². The van der Waals surface area contributed by atoms with Crippen molar-refractivity contribution in [3.63, 3.8) is 0 Å². The maximum Gasteiger partial charge on any atom is 0.291 e. The third-order valence-corrected chi connectivity index (χ3v) is 4.63. The molecule has 1 saturated carbocycles. The monoisotopic (exact) mass is 345 g/mol. The van der Waals surface area contributed by atoms with Crippen LogP contribution < -0.4 is 5.32 Å². The summed E-state index contributed by atoms with van der Waals surface area (Å²) in [5.41, 5.74) is 0.670. The number of nitrogens with zero attached hydrogens (tertiary/aromatic N) is 4. The van der Waals surface area contributed by atoms with Gasteiger partial charge in [-0.3, -0.25) is 9.69 Å². The van der Waals surface area contributed by atoms with Gasteiger partial charge in [-0.25, -0.2) is 14.1 Å². The van der Waals surface area contributed by atoms with Crippen LogP contribution in [0, 0.1) is 12.7 Å². The van der Waals surface area contributed by atoms with E-state index in [0.29, 0.717) is 17.6 Å². The van der Waals surface area contributed by atoms with Crippen molar-refractivity contribution in [1.29, 1.82) is 0 Å². The lowest BCUT2D eigenvalue weighted by Crippen LogP contribution is -2.41. The molecule has 1 saturated heterocycles. The van der Waals surface area contributed by atoms with E-state index in [1.54, 1.807) is 23.7 Å². The van der Waals surface area contributed by atoms with Crippen molar-refractivity contribution < 1.29 is 13.9 Å². The van der Waals surface area contributed by atoms with Gasteiger partial charge in [0, 0.05) is 25.2 Å². The molecule has 2 aromatic rings. The molecule has 2 fully saturated rings. The molecule has 1 aliphatic carbocycles. The quantitative estimate of drug-likeness (QED) is 0.892. The molecule has 0 radical (unpaired) electrons. The fraction of sp³-hybridized carbons (Fsp3) is 0.471. The molecule has 25 heavy (non-hydrogen) atoms. The molecule has 2 atom stereocenters. The number of carbonyl (C=O) groups excluding carboxylic acids is 1. The molecule has 132 valence electrons. The number of halogens is 1. The molecule has 1 aromatic heterocycles. The molecule has 8 heteroatoms. The largest absolute Gasteiger partial charge is 0.379 e. The number of rotatable bonds is 4. The summed E-state index contributed by atoms with van der Waals surface area (Å²) in [4.78, 5) is 19.0. The van der Waals surface area contributed by atoms with Crippen molar-refractivity contribution >= 4 is 5.91 Å². The van der Waals surface area contributed by atoms with Gasteiger partial charge in [0.05, 0.1) is 18.9 Å². The van der Waals surface area contributed by atoms with Crippen molar-refractivity contribution in [2.24, 2.45) is 0 Å². The molecular weight excluding hydrogens is 325 g/mol. The normalized spacial score (nSPS) is 23.4. The van der Waals surface area contributed by atoms with Gasteiger partial charge in [0.25, 0.3) is 5.91 Å². The van der Waals surface area contributed by atoms with Gasteiger partial charge in [-0.05, 0) is 37.6 Å². The second kappa shape index (κ2) is 6.53. The lowest BCUT2D eigenvalue weighted by atomic mass is 10.3. The molecule has 0 bridgehead atoms. The zero-order valence-corrected chi connectivity index (χ0v) is 14.0. The minimum Gasteiger partial charge on any atom is -0.379 e. The number of aromatic nitrogens is 3. The van der Waals surface area contributed by atoms with E-state index in [9.17, 15) is 9.18 Å². The van der Waals surface area contributed by atoms with Crippen LogP contribution in [0.2, 0.25) is 0 Å². The number of amides is 1. The fourth-order valence-corrected chi connectivity index (χ4v) is 3.20. The first-order chi connectivity index (χ1) is 12.1. The van der Waals surface area contributed by atoms with Gasteiger partial charge in [-0.2, -0.15) is 0 Å². The smallest absolute Gasteiger partial charge is 0.291 e. The average molecular weight is 345 g/mol. The molecule has 0 spiro atoms. The van der Waals surface area contributed by atoms with Crippen molar-refractivity contribution in [2.45, 2.75) is 25.4 Å². The third kappa shape index (κ3) is 3.40. The summed E-state index contributed by atoms with van der Waals surface area (Å²) in [6, 6.07) is 6.44. The average Bonchev–Trinajstić information content (AvgIpc) is 3.28. The number of hydrogen-bond donors (Lipinski definition) is 1. The molecule has 7 nitrogen and oxygen atoms in total. The van der Waals surface area contributed by atoms with Gasteiger partial charge < -0.3 is 10.1 Å². The second-order valence-electron chi connectivity index (χ2n) is 6.40. The standard InChI is InChI=1S/C17H20FN5O2/c1-11-19-16(21-23(11)13-4-2-12(18)3-5-13)17(24)20-14-10-15(14)22-6-8-25-9-7-22/h2-5,14-15H,6-10H2,1H3,(H,20,24)/t14-,15+/m1/s1. The van der Waals surface area contributed by atoms with Crippen LogP contribution in [0.5, 0.6) is 0 Å². The molecule has 1 aromatic carbocycles. The Hall–Kier alpha value is -2.32. The SMILES string of the molecule is Cc1nc(C(=O)N[C@@H]2C[C@@H]2N2CCOCC2)nn1-c1ccc(F)cc1. The summed E-state index contributed by atoms with van der Waals surface area (Å²) in [6.45, 7) is 5.09. The lowest BCUT2D eigenvalue weighted by Gasteiger charge is -2.26. The van der Waals surface area contributed by atoms with Crippen molar-refractivity contribution in [3.05, 3.63) is 41.7 Å². The van der Waals surface area contributed by atoms with E-state index in [0.717, 1.165) is 32.7 Å². The topological polar surface area (TPSA) is 72.3 Å². The Morgan fingerprint density at radius 3 is 2.72 bits per heavy atom. The van der Waals surface area contributed by atoms with Crippen molar-refractivity contribution in [2.75, 3.05) is 26.3 Å². The highest BCUT2D eigenvalue weighted by Gasteiger charge is 2.43. The Bertz CT molecular complexity index is 770. The van der Waals surface area contributed by atoms with E-state index in [-0.39, 0.29) is 23.6 Å². The third-order valence-electron chi connectivity index (χ3n) is 4.63. The van der Waals surface area contributed by atoms with Gasteiger partial charge >= 0.3 is 0 Å². The molecular formula is C17H20FN5O2. The van der Waals surface area contributed by atoms with E-state index >= 15 is 0 Å². The van der Waals surface area contributed by atoms with Gasteiger partial charge in [0.2, 0.25) is 5.82 Å². The maximum absolute atomic E-state index is 13.1. The van der Waals surface area contributed by atoms with Crippen LogP contribution in [0.3, 0.4) is 0 Å². The second-order valence-corrected chi connectivity index (χ2v) is 6.40. The number of ether oxygens (including phenoxy) is 1. The first-order valence-electron chi connectivity index (χ1n) is 8.44. The summed E-state index contributed by atoms with van der Waals surface area (Å²) in [7, 11) is 0. The Kier molecular flexibility index (Phi) is 4.22. The summed E-state index contributed by atoms with van der Waals surface area (Å²) < 4.78 is 20.0. The summed E-state index contributed by atoms with van der Waals surface area (Å²) in [5, 5.41) is 7.26. The fourth-order valence-electron chi connectivity index (χ4n) is 3.20. The van der Waals surface area contributed by atoms with Crippen molar-refractivity contribution in [3.8, 4) is 5.69 Å². The summed E-state index contributed by atoms with van der Waals surface area (Å²) in [5.74, 6) is 0.124. The lowest BCUT2D eigenvalue weighted by molar-refractivity contribution is 0.0325. The number of aryl methyl sites for hydroxylation is 1. The highest BCUT2D eigenvalue weighted by atomic mass is 19.1. The van der Waals surface area contributed by atoms with Crippen LogP contribution in [0.25, 0.3) is 5.69 Å². The minimum atomic E-state index is -0.317. The summed E-state index contributed by atoms with van der Waals surface area (Å²) >= 11 is 0. The van der Waals surface area contributed by atoms with Gasteiger partial charge in [-0.15, -0.1) is 5.10 Å². The first-order valence-corrected chi connectivity index (χ1v) is 8.44. The Morgan fingerprint density at radius 2 is 2.00 bits per heavy atom. The van der Waals surface area contributed by atoms with E-state index in [1.165, 1.54) is 12.1 Å². The predicted molar refractivity (Wildman–Crippen MR) is 88.1 cm³/mol. The highest BCUT2D eigenvalue weighted by Crippen LogP contribution is 2.28. The first kappa shape index (κ1) is 16.2. The number of benzene rings is 1. The van der Waals surface area contributed by atoms with Crippen LogP contribution in [0.1, 0.15) is 22.9 Å². The van der Waals surface area contributed by atoms with Gasteiger partial charge in [0.15, 0.2) is 0 Å².